The van der Waals surface area contributed by atoms with Crippen LogP contribution in [-0.4, -0.2) is 60.2 Å². The fourth-order valence-electron chi connectivity index (χ4n) is 4.07. The van der Waals surface area contributed by atoms with Crippen molar-refractivity contribution in [2.45, 2.75) is 0 Å². The summed E-state index contributed by atoms with van der Waals surface area (Å²) in [5, 5.41) is 0.797. The molecule has 1 saturated heterocycles. The van der Waals surface area contributed by atoms with Gasteiger partial charge in [-0.1, -0.05) is 6.07 Å². The molecular formula is C25H23F2N5O. The first-order valence-corrected chi connectivity index (χ1v) is 10.7. The molecule has 0 bridgehead atoms. The molecule has 8 heteroatoms. The average molecular weight is 447 g/mol. The van der Waals surface area contributed by atoms with Crippen molar-refractivity contribution in [3.8, 4) is 28.3 Å². The summed E-state index contributed by atoms with van der Waals surface area (Å²) in [6, 6.07) is 11.4. The van der Waals surface area contributed by atoms with Crippen molar-refractivity contribution in [1.29, 1.82) is 0 Å². The Morgan fingerprint density at radius 3 is 2.39 bits per heavy atom. The van der Waals surface area contributed by atoms with E-state index >= 15 is 0 Å². The van der Waals surface area contributed by atoms with Gasteiger partial charge in [0, 0.05) is 49.5 Å². The summed E-state index contributed by atoms with van der Waals surface area (Å²) in [5.74, 6) is 0.108. The molecule has 0 aliphatic carbocycles. The molecule has 0 amide bonds. The highest BCUT2D eigenvalue weighted by molar-refractivity contribution is 5.98. The summed E-state index contributed by atoms with van der Waals surface area (Å²) in [5.41, 5.74) is 2.72. The van der Waals surface area contributed by atoms with Crippen molar-refractivity contribution in [3.05, 3.63) is 66.5 Å². The van der Waals surface area contributed by atoms with Gasteiger partial charge in [-0.15, -0.1) is 0 Å². The molecule has 4 aromatic rings. The fourth-order valence-corrected chi connectivity index (χ4v) is 4.07. The van der Waals surface area contributed by atoms with E-state index < -0.39 is 11.6 Å². The summed E-state index contributed by atoms with van der Waals surface area (Å²) < 4.78 is 33.2. The zero-order valence-electron chi connectivity index (χ0n) is 18.4. The van der Waals surface area contributed by atoms with Gasteiger partial charge >= 0.3 is 0 Å². The number of pyridine rings is 1. The topological polar surface area (TPSA) is 54.4 Å². The molecule has 1 aliphatic heterocycles. The Hall–Kier alpha value is -3.65. The number of fused-ring (bicyclic) bond motifs is 1. The molecule has 168 valence electrons. The van der Waals surface area contributed by atoms with Crippen LogP contribution < -0.4 is 9.64 Å². The molecule has 3 heterocycles. The first-order valence-electron chi connectivity index (χ1n) is 10.7. The standard InChI is InChI=1S/C25H23F2N5O/c1-31-8-10-32(11-9-31)25-19-12-18(16-5-6-20(26)21(27)13-16)14-22(33-2)23(19)29-24(30-25)17-4-3-7-28-15-17/h3-7,12-15H,8-11H2,1-2H3. The number of rotatable bonds is 4. The van der Waals surface area contributed by atoms with Crippen LogP contribution in [0.25, 0.3) is 33.4 Å². The molecule has 33 heavy (non-hydrogen) atoms. The number of halogens is 2. The molecule has 0 radical (unpaired) electrons. The summed E-state index contributed by atoms with van der Waals surface area (Å²) in [6.07, 6.45) is 3.44. The smallest absolute Gasteiger partial charge is 0.163 e. The third-order valence-electron chi connectivity index (χ3n) is 5.94. The third-order valence-corrected chi connectivity index (χ3v) is 5.94. The van der Waals surface area contributed by atoms with E-state index in [0.29, 0.717) is 28.2 Å². The largest absolute Gasteiger partial charge is 0.494 e. The first kappa shape index (κ1) is 21.2. The summed E-state index contributed by atoms with van der Waals surface area (Å²) in [7, 11) is 3.67. The molecule has 2 aromatic heterocycles. The van der Waals surface area contributed by atoms with Crippen LogP contribution in [0.4, 0.5) is 14.6 Å². The van der Waals surface area contributed by atoms with Gasteiger partial charge in [-0.05, 0) is 54.6 Å². The predicted molar refractivity (Wildman–Crippen MR) is 124 cm³/mol. The van der Waals surface area contributed by atoms with E-state index in [2.05, 4.69) is 21.8 Å². The number of hydrogen-bond donors (Lipinski definition) is 0. The SMILES string of the molecule is COc1cc(-c2ccc(F)c(F)c2)cc2c(N3CCN(C)CC3)nc(-c3cccnc3)nc12. The van der Waals surface area contributed by atoms with Gasteiger partial charge in [0.2, 0.25) is 0 Å². The Balaban J connectivity index is 1.74. The number of likely N-dealkylation sites (N-methyl/N-ethyl adjacent to an activating group) is 1. The fraction of sp³-hybridized carbons (Fsp3) is 0.240. The number of piperazine rings is 1. The Morgan fingerprint density at radius 1 is 0.879 bits per heavy atom. The summed E-state index contributed by atoms with van der Waals surface area (Å²) in [4.78, 5) is 18.4. The molecule has 0 saturated carbocycles. The van der Waals surface area contributed by atoms with Crippen LogP contribution in [0.1, 0.15) is 0 Å². The van der Waals surface area contributed by atoms with Crippen LogP contribution in [0.3, 0.4) is 0 Å². The molecule has 1 aliphatic rings. The molecule has 0 N–H and O–H groups in total. The van der Waals surface area contributed by atoms with E-state index in [4.69, 9.17) is 14.7 Å². The Kier molecular flexibility index (Phi) is 5.60. The quantitative estimate of drug-likeness (QED) is 0.462. The lowest BCUT2D eigenvalue weighted by Crippen LogP contribution is -2.45. The second-order valence-electron chi connectivity index (χ2n) is 8.11. The van der Waals surface area contributed by atoms with Crippen LogP contribution in [0.2, 0.25) is 0 Å². The van der Waals surface area contributed by atoms with Gasteiger partial charge in [0.25, 0.3) is 0 Å². The normalized spacial score (nSPS) is 14.6. The minimum absolute atomic E-state index is 0.537. The van der Waals surface area contributed by atoms with E-state index in [0.717, 1.165) is 49.0 Å². The van der Waals surface area contributed by atoms with Crippen molar-refractivity contribution in [3.63, 3.8) is 0 Å². The number of anilines is 1. The number of methoxy groups -OCH3 is 1. The van der Waals surface area contributed by atoms with Crippen LogP contribution in [0.5, 0.6) is 5.75 Å². The Labute approximate surface area is 190 Å². The monoisotopic (exact) mass is 447 g/mol. The van der Waals surface area contributed by atoms with Gasteiger partial charge in [-0.2, -0.15) is 0 Å². The van der Waals surface area contributed by atoms with Gasteiger partial charge < -0.3 is 14.5 Å². The lowest BCUT2D eigenvalue weighted by Gasteiger charge is -2.34. The zero-order chi connectivity index (χ0) is 22.9. The maximum Gasteiger partial charge on any atom is 0.163 e. The average Bonchev–Trinajstić information content (AvgIpc) is 2.85. The maximum absolute atomic E-state index is 14.0. The molecule has 5 rings (SSSR count). The second kappa shape index (κ2) is 8.71. The number of aromatic nitrogens is 3. The molecule has 2 aromatic carbocycles. The predicted octanol–water partition coefficient (Wildman–Crippen LogP) is 4.40. The van der Waals surface area contributed by atoms with Crippen molar-refractivity contribution >= 4 is 16.7 Å². The first-order chi connectivity index (χ1) is 16.0. The highest BCUT2D eigenvalue weighted by Gasteiger charge is 2.22. The van der Waals surface area contributed by atoms with Gasteiger partial charge in [0.1, 0.15) is 17.1 Å². The molecule has 6 nitrogen and oxygen atoms in total. The summed E-state index contributed by atoms with van der Waals surface area (Å²) in [6.45, 7) is 3.45. The lowest BCUT2D eigenvalue weighted by molar-refractivity contribution is 0.312. The van der Waals surface area contributed by atoms with Crippen molar-refractivity contribution in [2.75, 3.05) is 45.2 Å². The zero-order valence-corrected chi connectivity index (χ0v) is 18.4. The Morgan fingerprint density at radius 2 is 1.70 bits per heavy atom. The van der Waals surface area contributed by atoms with Gasteiger partial charge in [-0.3, -0.25) is 4.98 Å². The third kappa shape index (κ3) is 4.09. The van der Waals surface area contributed by atoms with Crippen molar-refractivity contribution in [2.24, 2.45) is 0 Å². The number of hydrogen-bond acceptors (Lipinski definition) is 6. The lowest BCUT2D eigenvalue weighted by atomic mass is 10.0. The number of benzene rings is 2. The van der Waals surface area contributed by atoms with Crippen LogP contribution >= 0.6 is 0 Å². The van der Waals surface area contributed by atoms with Crippen LogP contribution in [0.15, 0.2) is 54.9 Å². The minimum Gasteiger partial charge on any atom is -0.494 e. The molecule has 0 spiro atoms. The number of ether oxygens (including phenoxy) is 1. The number of nitrogens with zero attached hydrogens (tertiary/aromatic N) is 5. The van der Waals surface area contributed by atoms with E-state index in [1.165, 1.54) is 6.07 Å². The highest BCUT2D eigenvalue weighted by atomic mass is 19.2. The molecule has 0 unspecified atom stereocenters. The molecular weight excluding hydrogens is 424 g/mol. The summed E-state index contributed by atoms with van der Waals surface area (Å²) >= 11 is 0. The van der Waals surface area contributed by atoms with Gasteiger partial charge in [0.15, 0.2) is 17.5 Å². The Bertz CT molecular complexity index is 1310. The van der Waals surface area contributed by atoms with Gasteiger partial charge in [0.05, 0.1) is 7.11 Å². The van der Waals surface area contributed by atoms with Gasteiger partial charge in [-0.25, -0.2) is 18.7 Å². The highest BCUT2D eigenvalue weighted by Crippen LogP contribution is 2.37. The van der Waals surface area contributed by atoms with Crippen molar-refractivity contribution in [1.82, 2.24) is 19.9 Å². The van der Waals surface area contributed by atoms with E-state index in [1.54, 1.807) is 31.6 Å². The van der Waals surface area contributed by atoms with E-state index in [9.17, 15) is 8.78 Å². The van der Waals surface area contributed by atoms with E-state index in [1.807, 2.05) is 18.2 Å². The van der Waals surface area contributed by atoms with E-state index in [-0.39, 0.29) is 0 Å². The van der Waals surface area contributed by atoms with Crippen LogP contribution in [-0.2, 0) is 0 Å². The van der Waals surface area contributed by atoms with Crippen molar-refractivity contribution < 1.29 is 13.5 Å². The minimum atomic E-state index is -0.894. The maximum atomic E-state index is 14.0. The molecule has 0 atom stereocenters. The van der Waals surface area contributed by atoms with Crippen LogP contribution in [0, 0.1) is 11.6 Å². The second-order valence-corrected chi connectivity index (χ2v) is 8.11. The molecule has 1 fully saturated rings.